The minimum Gasteiger partial charge on any atom is -0.394 e. The molecule has 1 fully saturated rings. The Bertz CT molecular complexity index is 625. The maximum absolute atomic E-state index is 13.5. The first kappa shape index (κ1) is 11.3. The van der Waals surface area contributed by atoms with Gasteiger partial charge in [0.05, 0.1) is 19.3 Å². The van der Waals surface area contributed by atoms with E-state index in [1.807, 2.05) is 0 Å². The van der Waals surface area contributed by atoms with Crippen molar-refractivity contribution >= 4 is 11.2 Å². The van der Waals surface area contributed by atoms with E-state index < -0.39 is 18.5 Å². The third-order valence-electron chi connectivity index (χ3n) is 3.02. The highest BCUT2D eigenvalue weighted by atomic mass is 19.1. The van der Waals surface area contributed by atoms with Gasteiger partial charge in [0.2, 0.25) is 0 Å². The molecule has 0 saturated carbocycles. The molecule has 0 unspecified atom stereocenters. The summed E-state index contributed by atoms with van der Waals surface area (Å²) in [6.07, 6.45) is 0.0778. The van der Waals surface area contributed by atoms with E-state index in [9.17, 15) is 9.18 Å². The molecular weight excluding hydrogens is 243 g/mol. The lowest BCUT2D eigenvalue weighted by molar-refractivity contribution is -0.0323. The molecule has 0 amide bonds. The maximum atomic E-state index is 13.5. The van der Waals surface area contributed by atoms with Crippen LogP contribution in [0.3, 0.4) is 0 Å². The van der Waals surface area contributed by atoms with Crippen LogP contribution in [0.15, 0.2) is 17.4 Å². The Balaban J connectivity index is 2.01. The summed E-state index contributed by atoms with van der Waals surface area (Å²) in [4.78, 5) is 21.8. The van der Waals surface area contributed by atoms with Crippen molar-refractivity contribution < 1.29 is 14.2 Å². The minimum absolute atomic E-state index is 0.102. The number of aliphatic hydroxyl groups excluding tert-OH is 1. The molecule has 0 bridgehead atoms. The fourth-order valence-electron chi connectivity index (χ4n) is 2.10. The molecule has 0 aliphatic carbocycles. The van der Waals surface area contributed by atoms with E-state index in [4.69, 9.17) is 9.84 Å². The van der Waals surface area contributed by atoms with Crippen LogP contribution in [0.4, 0.5) is 4.39 Å². The second kappa shape index (κ2) is 4.14. The van der Waals surface area contributed by atoms with Crippen LogP contribution in [0.1, 0.15) is 12.6 Å². The third kappa shape index (κ3) is 1.61. The second-order valence-corrected chi connectivity index (χ2v) is 4.12. The van der Waals surface area contributed by atoms with E-state index in [2.05, 4.69) is 15.0 Å². The molecule has 2 aromatic heterocycles. The van der Waals surface area contributed by atoms with Crippen LogP contribution >= 0.6 is 0 Å². The van der Waals surface area contributed by atoms with Crippen molar-refractivity contribution in [3.8, 4) is 0 Å². The first-order valence-electron chi connectivity index (χ1n) is 5.51. The molecule has 1 saturated heterocycles. The summed E-state index contributed by atoms with van der Waals surface area (Å²) in [5.41, 5.74) is 0.172. The number of alkyl halides is 1. The molecule has 2 N–H and O–H groups in total. The van der Waals surface area contributed by atoms with Crippen molar-refractivity contribution in [1.82, 2.24) is 19.5 Å². The number of rotatable bonds is 2. The van der Waals surface area contributed by atoms with Gasteiger partial charge in [-0.05, 0) is 0 Å². The van der Waals surface area contributed by atoms with Crippen LogP contribution in [0.25, 0.3) is 11.2 Å². The summed E-state index contributed by atoms with van der Waals surface area (Å²) in [7, 11) is 0. The van der Waals surface area contributed by atoms with Crippen molar-refractivity contribution in [3.05, 3.63) is 23.0 Å². The van der Waals surface area contributed by atoms with Crippen LogP contribution in [0.5, 0.6) is 0 Å². The fourth-order valence-corrected chi connectivity index (χ4v) is 2.10. The van der Waals surface area contributed by atoms with Gasteiger partial charge in [0.15, 0.2) is 11.2 Å². The zero-order valence-electron chi connectivity index (χ0n) is 9.28. The zero-order chi connectivity index (χ0) is 12.7. The number of halogens is 1. The number of imidazole rings is 1. The average molecular weight is 254 g/mol. The van der Waals surface area contributed by atoms with Gasteiger partial charge < -0.3 is 14.8 Å². The Hall–Kier alpha value is -1.80. The summed E-state index contributed by atoms with van der Waals surface area (Å²) in [5, 5.41) is 8.95. The van der Waals surface area contributed by atoms with Gasteiger partial charge in [-0.2, -0.15) is 0 Å². The van der Waals surface area contributed by atoms with E-state index in [-0.39, 0.29) is 24.1 Å². The Morgan fingerprint density at radius 2 is 2.44 bits per heavy atom. The maximum Gasteiger partial charge on any atom is 0.278 e. The Kier molecular flexibility index (Phi) is 2.60. The molecule has 1 aliphatic heterocycles. The van der Waals surface area contributed by atoms with Gasteiger partial charge in [-0.1, -0.05) is 0 Å². The molecule has 18 heavy (non-hydrogen) atoms. The van der Waals surface area contributed by atoms with Gasteiger partial charge in [-0.25, -0.2) is 14.4 Å². The molecule has 96 valence electrons. The number of aliphatic hydroxyl groups is 1. The quantitative estimate of drug-likeness (QED) is 0.770. The second-order valence-electron chi connectivity index (χ2n) is 4.12. The van der Waals surface area contributed by atoms with Crippen LogP contribution < -0.4 is 5.56 Å². The van der Waals surface area contributed by atoms with Crippen molar-refractivity contribution in [1.29, 1.82) is 0 Å². The zero-order valence-corrected chi connectivity index (χ0v) is 9.28. The van der Waals surface area contributed by atoms with E-state index in [0.29, 0.717) is 5.65 Å². The molecule has 3 rings (SSSR count). The van der Waals surface area contributed by atoms with E-state index in [1.54, 1.807) is 0 Å². The van der Waals surface area contributed by atoms with Crippen LogP contribution in [-0.2, 0) is 4.74 Å². The lowest BCUT2D eigenvalue weighted by atomic mass is 10.2. The Labute approximate surface area is 100 Å². The van der Waals surface area contributed by atoms with Gasteiger partial charge >= 0.3 is 0 Å². The molecule has 2 aromatic rings. The molecule has 0 radical (unpaired) electrons. The van der Waals surface area contributed by atoms with Gasteiger partial charge in [0, 0.05) is 6.42 Å². The minimum atomic E-state index is -1.24. The highest BCUT2D eigenvalue weighted by Gasteiger charge is 2.36. The standard InChI is InChI=1S/C10H11FN4O3/c11-5-1-7(18-6(5)2-16)15-4-14-8-9(15)12-3-13-10(8)17/h3-7,16H,1-2H2,(H,12,13,17)/t5-,6+,7+/m1/s1. The molecular formula is C10H11FN4O3. The number of aromatic nitrogens is 4. The topological polar surface area (TPSA) is 93.0 Å². The number of fused-ring (bicyclic) bond motifs is 1. The molecule has 3 atom stereocenters. The van der Waals surface area contributed by atoms with Gasteiger partial charge in [-0.3, -0.25) is 9.36 Å². The molecule has 1 aliphatic rings. The summed E-state index contributed by atoms with van der Waals surface area (Å²) in [6.45, 7) is -0.377. The average Bonchev–Trinajstić information content (AvgIpc) is 2.93. The van der Waals surface area contributed by atoms with E-state index in [1.165, 1.54) is 17.2 Å². The predicted octanol–water partition coefficient (Wildman–Crippen LogP) is -0.262. The van der Waals surface area contributed by atoms with Gasteiger partial charge in [-0.15, -0.1) is 0 Å². The van der Waals surface area contributed by atoms with Crippen molar-refractivity contribution in [2.45, 2.75) is 24.9 Å². The summed E-state index contributed by atoms with van der Waals surface area (Å²) >= 11 is 0. The number of H-pyrrole nitrogens is 1. The molecule has 8 heteroatoms. The van der Waals surface area contributed by atoms with Crippen LogP contribution in [-0.4, -0.2) is 43.5 Å². The Morgan fingerprint density at radius 1 is 1.61 bits per heavy atom. The summed E-state index contributed by atoms with van der Waals surface area (Å²) in [5.74, 6) is 0. The summed E-state index contributed by atoms with van der Waals surface area (Å²) < 4.78 is 20.4. The first-order chi connectivity index (χ1) is 8.70. The fraction of sp³-hybridized carbons (Fsp3) is 0.500. The molecule has 3 heterocycles. The predicted molar refractivity (Wildman–Crippen MR) is 58.7 cm³/mol. The largest absolute Gasteiger partial charge is 0.394 e. The number of nitrogens with zero attached hydrogens (tertiary/aromatic N) is 3. The molecule has 7 nitrogen and oxygen atoms in total. The smallest absolute Gasteiger partial charge is 0.278 e. The van der Waals surface area contributed by atoms with Gasteiger partial charge in [0.25, 0.3) is 5.56 Å². The highest BCUT2D eigenvalue weighted by Crippen LogP contribution is 2.31. The molecule has 0 aromatic carbocycles. The number of hydrogen-bond donors (Lipinski definition) is 2. The number of nitrogens with one attached hydrogen (secondary N) is 1. The molecule has 0 spiro atoms. The highest BCUT2D eigenvalue weighted by molar-refractivity contribution is 5.68. The monoisotopic (exact) mass is 254 g/mol. The lowest BCUT2D eigenvalue weighted by Gasteiger charge is -2.13. The summed E-state index contributed by atoms with van der Waals surface area (Å²) in [6, 6.07) is 0. The van der Waals surface area contributed by atoms with Crippen molar-refractivity contribution in [2.24, 2.45) is 0 Å². The van der Waals surface area contributed by atoms with Crippen LogP contribution in [0.2, 0.25) is 0 Å². The van der Waals surface area contributed by atoms with Crippen LogP contribution in [0, 0.1) is 0 Å². The third-order valence-corrected chi connectivity index (χ3v) is 3.02. The lowest BCUT2D eigenvalue weighted by Crippen LogP contribution is -2.21. The van der Waals surface area contributed by atoms with E-state index >= 15 is 0 Å². The van der Waals surface area contributed by atoms with Crippen molar-refractivity contribution in [2.75, 3.05) is 6.61 Å². The Morgan fingerprint density at radius 3 is 3.17 bits per heavy atom. The first-order valence-corrected chi connectivity index (χ1v) is 5.51. The van der Waals surface area contributed by atoms with E-state index in [0.717, 1.165) is 0 Å². The van der Waals surface area contributed by atoms with Gasteiger partial charge in [0.1, 0.15) is 18.5 Å². The number of hydrogen-bond acceptors (Lipinski definition) is 5. The SMILES string of the molecule is O=c1[nH]cnc2c1ncn2[C@@H]1C[C@@H](F)[C@H](CO)O1. The number of aromatic amines is 1. The normalized spacial score (nSPS) is 28.0. The van der Waals surface area contributed by atoms with Crippen molar-refractivity contribution in [3.63, 3.8) is 0 Å². The number of ether oxygens (including phenoxy) is 1.